The number of nitrogens with one attached hydrogen (secondary N) is 1. The molecule has 1 aromatic carbocycles. The van der Waals surface area contributed by atoms with E-state index in [0.717, 1.165) is 12.0 Å². The number of ether oxygens (including phenoxy) is 1. The van der Waals surface area contributed by atoms with E-state index >= 15 is 0 Å². The molecule has 1 heterocycles. The predicted molar refractivity (Wildman–Crippen MR) is 118 cm³/mol. The van der Waals surface area contributed by atoms with Gasteiger partial charge in [-0.1, -0.05) is 34.6 Å². The van der Waals surface area contributed by atoms with E-state index in [1.807, 2.05) is 0 Å². The third-order valence-corrected chi connectivity index (χ3v) is 4.84. The summed E-state index contributed by atoms with van der Waals surface area (Å²) in [6.45, 7) is 10.1. The lowest BCUT2D eigenvalue weighted by Gasteiger charge is -2.33. The molecular weight excluding hydrogens is 454 g/mol. The Labute approximate surface area is 184 Å². The number of rotatable bonds is 8. The number of carbonyl (C=O) groups is 1. The van der Waals surface area contributed by atoms with E-state index in [2.05, 4.69) is 61.1 Å². The number of amides is 1. The van der Waals surface area contributed by atoms with Crippen molar-refractivity contribution in [3.05, 3.63) is 56.4 Å². The highest BCUT2D eigenvalue weighted by Gasteiger charge is 2.31. The van der Waals surface area contributed by atoms with Crippen LogP contribution in [0, 0.1) is 15.5 Å². The Balaban J connectivity index is 2.15. The number of carbonyl (C=O) groups excluding carboxylic acids is 1. The largest absolute Gasteiger partial charge is 0.476 e. The molecule has 8 nitrogen and oxygen atoms in total. The van der Waals surface area contributed by atoms with Gasteiger partial charge in [-0.15, -0.1) is 0 Å². The Hall–Kier alpha value is -2.68. The quantitative estimate of drug-likeness (QED) is 0.318. The topological polar surface area (TPSA) is 107 Å². The normalized spacial score (nSPS) is 12.2. The van der Waals surface area contributed by atoms with E-state index in [0.29, 0.717) is 10.2 Å². The van der Waals surface area contributed by atoms with E-state index in [1.54, 1.807) is 18.2 Å². The Kier molecular flexibility index (Phi) is 7.41. The fraction of sp³-hybridized carbons (Fsp3) is 0.429. The average molecular weight is 480 g/mol. The maximum Gasteiger partial charge on any atom is 0.312 e. The first kappa shape index (κ1) is 23.6. The van der Waals surface area contributed by atoms with Gasteiger partial charge in [-0.2, -0.15) is 5.10 Å². The highest BCUT2D eigenvalue weighted by Crippen LogP contribution is 2.43. The predicted octanol–water partition coefficient (Wildman–Crippen LogP) is 5.19. The van der Waals surface area contributed by atoms with Crippen LogP contribution in [-0.2, 0) is 10.2 Å². The molecule has 0 aliphatic heterocycles. The van der Waals surface area contributed by atoms with Crippen LogP contribution < -0.4 is 10.2 Å². The number of hydrogen-bond donors (Lipinski definition) is 1. The second-order valence-electron chi connectivity index (χ2n) is 8.78. The molecule has 0 aliphatic rings. The van der Waals surface area contributed by atoms with Crippen molar-refractivity contribution in [2.45, 2.75) is 46.5 Å². The molecule has 162 valence electrons. The van der Waals surface area contributed by atoms with Crippen LogP contribution in [0.2, 0.25) is 0 Å². The highest BCUT2D eigenvalue weighted by molar-refractivity contribution is 9.10. The van der Waals surface area contributed by atoms with Gasteiger partial charge in [-0.25, -0.2) is 5.43 Å². The fourth-order valence-corrected chi connectivity index (χ4v) is 3.94. The number of hydrogen-bond acceptors (Lipinski definition) is 6. The second kappa shape index (κ2) is 9.42. The van der Waals surface area contributed by atoms with Gasteiger partial charge in [0.2, 0.25) is 5.75 Å². The number of hydrazone groups is 1. The number of nitro benzene ring substituents is 1. The molecule has 1 N–H and O–H groups in total. The van der Waals surface area contributed by atoms with Gasteiger partial charge >= 0.3 is 5.69 Å². The average Bonchev–Trinajstić information content (AvgIpc) is 3.11. The van der Waals surface area contributed by atoms with Crippen LogP contribution in [0.3, 0.4) is 0 Å². The molecule has 2 aromatic rings. The number of nitro groups is 1. The first-order valence-corrected chi connectivity index (χ1v) is 10.1. The molecule has 9 heteroatoms. The number of benzene rings is 1. The minimum absolute atomic E-state index is 0.000438. The van der Waals surface area contributed by atoms with Crippen LogP contribution in [0.5, 0.6) is 5.75 Å². The van der Waals surface area contributed by atoms with Gasteiger partial charge in [0.05, 0.1) is 21.9 Å². The zero-order chi connectivity index (χ0) is 22.5. The highest BCUT2D eigenvalue weighted by atomic mass is 79.9. The molecular formula is C21H26BrN3O5. The molecule has 0 fully saturated rings. The summed E-state index contributed by atoms with van der Waals surface area (Å²) < 4.78 is 10.9. The van der Waals surface area contributed by atoms with E-state index in [-0.39, 0.29) is 22.3 Å². The van der Waals surface area contributed by atoms with Crippen LogP contribution in [0.25, 0.3) is 0 Å². The molecule has 0 saturated carbocycles. The Morgan fingerprint density at radius 3 is 2.60 bits per heavy atom. The SMILES string of the molecule is CC(C)(C)CC(C)(C)c1cc(Br)c(OCC(=O)NN=Cc2ccco2)c([N+](=O)[O-])c1. The van der Waals surface area contributed by atoms with E-state index in [9.17, 15) is 14.9 Å². The summed E-state index contributed by atoms with van der Waals surface area (Å²) in [6, 6.07) is 6.69. The first-order valence-electron chi connectivity index (χ1n) is 9.36. The molecule has 0 saturated heterocycles. The molecule has 0 spiro atoms. The van der Waals surface area contributed by atoms with E-state index in [1.165, 1.54) is 18.5 Å². The molecule has 1 aromatic heterocycles. The van der Waals surface area contributed by atoms with Gasteiger partial charge in [-0.05, 0) is 56.9 Å². The lowest BCUT2D eigenvalue weighted by Crippen LogP contribution is -2.26. The van der Waals surface area contributed by atoms with Crippen LogP contribution >= 0.6 is 15.9 Å². The first-order chi connectivity index (χ1) is 13.9. The maximum atomic E-state index is 12.0. The Morgan fingerprint density at radius 1 is 1.33 bits per heavy atom. The van der Waals surface area contributed by atoms with Crippen LogP contribution in [0.4, 0.5) is 5.69 Å². The van der Waals surface area contributed by atoms with Crippen LogP contribution in [0.15, 0.2) is 44.5 Å². The van der Waals surface area contributed by atoms with Gasteiger partial charge in [0, 0.05) is 6.07 Å². The van der Waals surface area contributed by atoms with Crippen molar-refractivity contribution in [1.29, 1.82) is 0 Å². The lowest BCUT2D eigenvalue weighted by atomic mass is 9.72. The third-order valence-electron chi connectivity index (χ3n) is 4.25. The number of nitrogens with zero attached hydrogens (tertiary/aromatic N) is 2. The van der Waals surface area contributed by atoms with Crippen molar-refractivity contribution in [2.24, 2.45) is 10.5 Å². The van der Waals surface area contributed by atoms with Crippen molar-refractivity contribution < 1.29 is 18.9 Å². The van der Waals surface area contributed by atoms with Gasteiger partial charge < -0.3 is 9.15 Å². The summed E-state index contributed by atoms with van der Waals surface area (Å²) in [6.07, 6.45) is 3.65. The zero-order valence-corrected chi connectivity index (χ0v) is 19.3. The van der Waals surface area contributed by atoms with Crippen LogP contribution in [0.1, 0.15) is 52.4 Å². The molecule has 30 heavy (non-hydrogen) atoms. The molecule has 0 radical (unpaired) electrons. The molecule has 0 bridgehead atoms. The van der Waals surface area contributed by atoms with Crippen molar-refractivity contribution in [1.82, 2.24) is 5.43 Å². The second-order valence-corrected chi connectivity index (χ2v) is 9.64. The van der Waals surface area contributed by atoms with E-state index in [4.69, 9.17) is 9.15 Å². The van der Waals surface area contributed by atoms with Crippen molar-refractivity contribution in [3.63, 3.8) is 0 Å². The zero-order valence-electron chi connectivity index (χ0n) is 17.7. The Morgan fingerprint density at radius 2 is 2.03 bits per heavy atom. The summed E-state index contributed by atoms with van der Waals surface area (Å²) >= 11 is 3.36. The molecule has 0 atom stereocenters. The van der Waals surface area contributed by atoms with Gasteiger partial charge in [0.1, 0.15) is 5.76 Å². The molecule has 1 amide bonds. The standard InChI is InChI=1S/C21H26BrN3O5/c1-20(2,3)13-21(4,5)14-9-16(22)19(17(10-14)25(27)28)30-12-18(26)24-23-11-15-7-6-8-29-15/h6-11H,12-13H2,1-5H3,(H,24,26). The van der Waals surface area contributed by atoms with E-state index < -0.39 is 17.4 Å². The summed E-state index contributed by atoms with van der Waals surface area (Å²) in [5.74, 6) is -0.0836. The third kappa shape index (κ3) is 6.69. The minimum atomic E-state index is -0.559. The molecule has 2 rings (SSSR count). The van der Waals surface area contributed by atoms with Gasteiger partial charge in [0.15, 0.2) is 6.61 Å². The monoisotopic (exact) mass is 479 g/mol. The molecule has 0 unspecified atom stereocenters. The lowest BCUT2D eigenvalue weighted by molar-refractivity contribution is -0.386. The summed E-state index contributed by atoms with van der Waals surface area (Å²) in [7, 11) is 0. The van der Waals surface area contributed by atoms with Crippen molar-refractivity contribution in [2.75, 3.05) is 6.61 Å². The summed E-state index contributed by atoms with van der Waals surface area (Å²) in [5, 5.41) is 15.4. The van der Waals surface area contributed by atoms with Crippen LogP contribution in [-0.4, -0.2) is 23.7 Å². The van der Waals surface area contributed by atoms with Crippen molar-refractivity contribution in [3.8, 4) is 5.75 Å². The fourth-order valence-electron chi connectivity index (χ4n) is 3.38. The summed E-state index contributed by atoms with van der Waals surface area (Å²) in [5.41, 5.74) is 2.66. The Bertz CT molecular complexity index is 931. The van der Waals surface area contributed by atoms with Gasteiger partial charge in [-0.3, -0.25) is 14.9 Å². The summed E-state index contributed by atoms with van der Waals surface area (Å²) in [4.78, 5) is 23.1. The number of halogens is 1. The molecule has 0 aliphatic carbocycles. The maximum absolute atomic E-state index is 12.0. The smallest absolute Gasteiger partial charge is 0.312 e. The minimum Gasteiger partial charge on any atom is -0.476 e. The van der Waals surface area contributed by atoms with Gasteiger partial charge in [0.25, 0.3) is 5.91 Å². The van der Waals surface area contributed by atoms with Crippen molar-refractivity contribution >= 4 is 33.7 Å². The number of furan rings is 1.